The van der Waals surface area contributed by atoms with Gasteiger partial charge in [0.05, 0.1) is 0 Å². The zero-order valence-corrected chi connectivity index (χ0v) is 52.6. The number of carbonyl (C=O) groups excluding carboxylic acids is 3. The smallest absolute Gasteiger partial charge is 0.306 e. The monoisotopic (exact) mass is 1110 g/mol. The van der Waals surface area contributed by atoms with Gasteiger partial charge >= 0.3 is 17.9 Å². The van der Waals surface area contributed by atoms with Crippen LogP contribution in [-0.4, -0.2) is 37.2 Å². The van der Waals surface area contributed by atoms with Gasteiger partial charge in [-0.1, -0.05) is 304 Å². The molecule has 458 valence electrons. The van der Waals surface area contributed by atoms with Crippen LogP contribution in [0.4, 0.5) is 0 Å². The Balaban J connectivity index is 4.14. The Morgan fingerprint density at radius 1 is 0.263 bits per heavy atom. The van der Waals surface area contributed by atoms with E-state index < -0.39 is 6.10 Å². The van der Waals surface area contributed by atoms with E-state index in [0.717, 1.165) is 116 Å². The van der Waals surface area contributed by atoms with Crippen molar-refractivity contribution in [2.24, 2.45) is 0 Å². The molecule has 0 saturated heterocycles. The van der Waals surface area contributed by atoms with Crippen molar-refractivity contribution in [3.8, 4) is 0 Å². The van der Waals surface area contributed by atoms with Gasteiger partial charge in [-0.3, -0.25) is 14.4 Å². The van der Waals surface area contributed by atoms with E-state index in [1.165, 1.54) is 167 Å². The van der Waals surface area contributed by atoms with Gasteiger partial charge in [0.25, 0.3) is 0 Å². The second-order valence-electron chi connectivity index (χ2n) is 22.4. The molecule has 0 saturated carbocycles. The Bertz CT molecular complexity index is 1610. The minimum absolute atomic E-state index is 0.0777. The predicted octanol–water partition coefficient (Wildman–Crippen LogP) is 23.4. The lowest BCUT2D eigenvalue weighted by Crippen LogP contribution is -2.30. The molecule has 80 heavy (non-hydrogen) atoms. The zero-order chi connectivity index (χ0) is 57.8. The first-order valence-electron chi connectivity index (χ1n) is 33.9. The Morgan fingerprint density at radius 3 is 0.787 bits per heavy atom. The minimum atomic E-state index is -0.781. The molecule has 6 nitrogen and oxygen atoms in total. The van der Waals surface area contributed by atoms with Gasteiger partial charge in [0.2, 0.25) is 0 Å². The van der Waals surface area contributed by atoms with Crippen molar-refractivity contribution >= 4 is 17.9 Å². The molecule has 0 N–H and O–H groups in total. The van der Waals surface area contributed by atoms with Crippen LogP contribution in [0.2, 0.25) is 0 Å². The van der Waals surface area contributed by atoms with Crippen LogP contribution in [0.15, 0.2) is 109 Å². The van der Waals surface area contributed by atoms with Gasteiger partial charge < -0.3 is 14.2 Å². The molecule has 0 aliphatic heterocycles. The molecule has 1 atom stereocenters. The molecule has 0 aliphatic rings. The predicted molar refractivity (Wildman–Crippen MR) is 348 cm³/mol. The molecule has 0 fully saturated rings. The molecule has 0 heterocycles. The molecule has 0 spiro atoms. The van der Waals surface area contributed by atoms with E-state index in [-0.39, 0.29) is 31.1 Å². The highest BCUT2D eigenvalue weighted by molar-refractivity contribution is 5.71. The van der Waals surface area contributed by atoms with Crippen molar-refractivity contribution in [3.63, 3.8) is 0 Å². The Morgan fingerprint density at radius 2 is 0.487 bits per heavy atom. The van der Waals surface area contributed by atoms with E-state index >= 15 is 0 Å². The summed E-state index contributed by atoms with van der Waals surface area (Å²) in [7, 11) is 0. The van der Waals surface area contributed by atoms with Crippen molar-refractivity contribution < 1.29 is 28.6 Å². The average Bonchev–Trinajstić information content (AvgIpc) is 3.46. The fourth-order valence-electron chi connectivity index (χ4n) is 9.45. The van der Waals surface area contributed by atoms with Crippen LogP contribution in [0.5, 0.6) is 0 Å². The van der Waals surface area contributed by atoms with Gasteiger partial charge in [0, 0.05) is 19.3 Å². The Labute approximate surface area is 495 Å². The molecule has 0 radical (unpaired) electrons. The van der Waals surface area contributed by atoms with Crippen molar-refractivity contribution in [1.29, 1.82) is 0 Å². The number of hydrogen-bond donors (Lipinski definition) is 0. The van der Waals surface area contributed by atoms with Gasteiger partial charge in [-0.25, -0.2) is 0 Å². The number of esters is 3. The van der Waals surface area contributed by atoms with Gasteiger partial charge in [-0.15, -0.1) is 0 Å². The SMILES string of the molecule is CC/C=C\C/C=C\C/C=C\C/C=C\C/C=C\C/C=C\C/C=C\CCCCCCCCCCCCCCCC(=O)OCC(COC(=O)CCCCCCCCCCCC)OC(=O)CCCCCCCCC/C=C\C/C=C\CCCCC. The molecule has 0 amide bonds. The molecule has 0 bridgehead atoms. The summed E-state index contributed by atoms with van der Waals surface area (Å²) in [6.07, 6.45) is 92.6. The molecule has 0 aromatic rings. The molecule has 0 aromatic heterocycles. The lowest BCUT2D eigenvalue weighted by Gasteiger charge is -2.18. The first-order valence-corrected chi connectivity index (χ1v) is 33.9. The highest BCUT2D eigenvalue weighted by Crippen LogP contribution is 2.16. The van der Waals surface area contributed by atoms with Crippen LogP contribution in [-0.2, 0) is 28.6 Å². The third-order valence-electron chi connectivity index (χ3n) is 14.5. The lowest BCUT2D eigenvalue weighted by atomic mass is 10.0. The average molecular weight is 1110 g/mol. The highest BCUT2D eigenvalue weighted by Gasteiger charge is 2.19. The van der Waals surface area contributed by atoms with E-state index in [1.807, 2.05) is 0 Å². The zero-order valence-electron chi connectivity index (χ0n) is 52.6. The van der Waals surface area contributed by atoms with Crippen LogP contribution in [0.3, 0.4) is 0 Å². The molecule has 0 rings (SSSR count). The summed E-state index contributed by atoms with van der Waals surface area (Å²) < 4.78 is 16.9. The molecule has 0 aliphatic carbocycles. The molecular formula is C74H126O6. The van der Waals surface area contributed by atoms with E-state index in [9.17, 15) is 14.4 Å². The van der Waals surface area contributed by atoms with E-state index in [1.54, 1.807) is 0 Å². The van der Waals surface area contributed by atoms with Crippen LogP contribution in [0.1, 0.15) is 323 Å². The van der Waals surface area contributed by atoms with E-state index in [2.05, 4.69) is 130 Å². The topological polar surface area (TPSA) is 78.9 Å². The molecular weight excluding hydrogens is 985 g/mol. The quantitative estimate of drug-likeness (QED) is 0.0261. The fourth-order valence-corrected chi connectivity index (χ4v) is 9.45. The molecule has 6 heteroatoms. The Kier molecular flexibility index (Phi) is 64.3. The van der Waals surface area contributed by atoms with E-state index in [0.29, 0.717) is 19.3 Å². The normalized spacial score (nSPS) is 12.8. The summed E-state index contributed by atoms with van der Waals surface area (Å²) in [6.45, 7) is 6.50. The summed E-state index contributed by atoms with van der Waals surface area (Å²) in [6, 6.07) is 0. The maximum absolute atomic E-state index is 12.9. The summed E-state index contributed by atoms with van der Waals surface area (Å²) in [5.74, 6) is -0.878. The first-order chi connectivity index (χ1) is 39.5. The van der Waals surface area contributed by atoms with E-state index in [4.69, 9.17) is 14.2 Å². The third-order valence-corrected chi connectivity index (χ3v) is 14.5. The largest absolute Gasteiger partial charge is 0.462 e. The van der Waals surface area contributed by atoms with Crippen LogP contribution >= 0.6 is 0 Å². The number of hydrogen-bond acceptors (Lipinski definition) is 6. The number of rotatable bonds is 61. The summed E-state index contributed by atoms with van der Waals surface area (Å²) >= 11 is 0. The van der Waals surface area contributed by atoms with Gasteiger partial charge in [0.15, 0.2) is 6.10 Å². The molecule has 0 aromatic carbocycles. The van der Waals surface area contributed by atoms with Gasteiger partial charge in [0.1, 0.15) is 13.2 Å². The van der Waals surface area contributed by atoms with Crippen molar-refractivity contribution in [1.82, 2.24) is 0 Å². The molecule has 1 unspecified atom stereocenters. The number of unbranched alkanes of at least 4 members (excludes halogenated alkanes) is 32. The fraction of sp³-hybridized carbons (Fsp3) is 0.716. The summed E-state index contributed by atoms with van der Waals surface area (Å²) in [5.41, 5.74) is 0. The second kappa shape index (κ2) is 67.6. The first kappa shape index (κ1) is 76.1. The van der Waals surface area contributed by atoms with Gasteiger partial charge in [-0.05, 0) is 109 Å². The summed E-state index contributed by atoms with van der Waals surface area (Å²) in [5, 5.41) is 0. The summed E-state index contributed by atoms with van der Waals surface area (Å²) in [4.78, 5) is 38.2. The minimum Gasteiger partial charge on any atom is -0.462 e. The maximum Gasteiger partial charge on any atom is 0.306 e. The second-order valence-corrected chi connectivity index (χ2v) is 22.4. The Hall–Kier alpha value is -3.93. The van der Waals surface area contributed by atoms with Gasteiger partial charge in [-0.2, -0.15) is 0 Å². The number of allylic oxidation sites excluding steroid dienone is 18. The lowest BCUT2D eigenvalue weighted by molar-refractivity contribution is -0.167. The van der Waals surface area contributed by atoms with Crippen LogP contribution < -0.4 is 0 Å². The third kappa shape index (κ3) is 64.9. The van der Waals surface area contributed by atoms with Crippen LogP contribution in [0.25, 0.3) is 0 Å². The van der Waals surface area contributed by atoms with Crippen molar-refractivity contribution in [2.45, 2.75) is 329 Å². The van der Waals surface area contributed by atoms with Crippen molar-refractivity contribution in [2.75, 3.05) is 13.2 Å². The van der Waals surface area contributed by atoms with Crippen LogP contribution in [0, 0.1) is 0 Å². The number of carbonyl (C=O) groups is 3. The van der Waals surface area contributed by atoms with Crippen molar-refractivity contribution in [3.05, 3.63) is 109 Å². The maximum atomic E-state index is 12.9. The standard InChI is InChI=1S/C74H126O6/c1-4-7-10-13-16-19-22-24-26-28-29-30-31-32-33-34-35-36-37-38-39-40-41-42-43-44-45-47-48-50-52-55-58-61-64-67-73(76)79-70-71(69-78-72(75)66-63-60-57-54-21-18-15-12-9-6-3)80-74(77)68-65-62-59-56-53-51-49-46-27-25-23-20-17-14-11-8-5-2/h7,10,16-17,19-20,24-27,29-30,32-33,35-36,38-39,71H,4-6,8-9,11-15,18,21-23,28,31,34,37,40-70H2,1-3H3/b10-7-,19-16-,20-17-,26-24-,27-25-,30-29-,33-32-,36-35-,39-38-. The highest BCUT2D eigenvalue weighted by atomic mass is 16.6. The number of ether oxygens (including phenoxy) is 3.